The molecule has 16 atom stereocenters. The van der Waals surface area contributed by atoms with E-state index in [0.717, 1.165) is 0 Å². The van der Waals surface area contributed by atoms with Gasteiger partial charge in [0.2, 0.25) is 0 Å². The highest BCUT2D eigenvalue weighted by Crippen LogP contribution is 2.35. The number of allylic oxidation sites excluding steroid dienone is 12. The average Bonchev–Trinajstić information content (AvgIpc) is 3.23. The van der Waals surface area contributed by atoms with E-state index in [0.29, 0.717) is 0 Å². The topological polar surface area (TPSA) is 335 Å². The molecular weight excluding hydrogens is 893 g/mol. The Balaban J connectivity index is 1.88. The minimum absolute atomic E-state index is 0.0508. The van der Waals surface area contributed by atoms with E-state index in [1.165, 1.54) is 0 Å². The zero-order valence-electron chi connectivity index (χ0n) is 38.7. The maximum Gasteiger partial charge on any atom is 0.315 e. The number of urea groups is 1. The number of aliphatic carboxylic acids is 1. The lowest BCUT2D eigenvalue weighted by Gasteiger charge is -2.46. The number of esters is 1. The quantitative estimate of drug-likeness (QED) is 0.162. The van der Waals surface area contributed by atoms with Crippen LogP contribution >= 0.6 is 0 Å². The second kappa shape index (κ2) is 30.5. The molecule has 0 spiro atoms. The minimum Gasteiger partial charge on any atom is -0.481 e. The Bertz CT molecular complexity index is 1740. The highest BCUT2D eigenvalue weighted by Gasteiger charge is 2.48. The molecule has 0 aromatic carbocycles. The Hall–Kier alpha value is -4.13. The molecule has 2 amide bonds. The van der Waals surface area contributed by atoms with Gasteiger partial charge in [0.15, 0.2) is 12.1 Å². The van der Waals surface area contributed by atoms with E-state index in [1.54, 1.807) is 73.8 Å². The monoisotopic (exact) mass is 966 g/mol. The Morgan fingerprint density at radius 1 is 0.676 bits per heavy atom. The second-order valence-corrected chi connectivity index (χ2v) is 17.7. The van der Waals surface area contributed by atoms with Crippen LogP contribution in [0.3, 0.4) is 0 Å². The van der Waals surface area contributed by atoms with Crippen molar-refractivity contribution in [2.45, 2.75) is 176 Å². The normalized spacial score (nSPS) is 40.5. The number of ether oxygens (including phenoxy) is 4. The number of rotatable bonds is 6. The number of hydrogen-bond acceptors (Lipinski definition) is 17. The molecule has 0 aromatic heterocycles. The number of nitrogens with one attached hydrogen (secondary N) is 2. The summed E-state index contributed by atoms with van der Waals surface area (Å²) in [4.78, 5) is 36.5. The number of amides is 2. The molecule has 0 aliphatic carbocycles. The molecule has 13 N–H and O–H groups in total. The summed E-state index contributed by atoms with van der Waals surface area (Å²) in [6, 6.07) is -2.11. The van der Waals surface area contributed by atoms with Crippen LogP contribution in [0.1, 0.15) is 84.5 Å². The molecule has 0 radical (unpaired) electrons. The molecule has 0 saturated carbocycles. The van der Waals surface area contributed by atoms with Crippen molar-refractivity contribution in [1.29, 1.82) is 0 Å². The number of hydrogen-bond donors (Lipinski definition) is 13. The van der Waals surface area contributed by atoms with Crippen LogP contribution in [0.15, 0.2) is 85.1 Å². The maximum absolute atomic E-state index is 12.9. The average molecular weight is 967 g/mol. The van der Waals surface area contributed by atoms with E-state index in [4.69, 9.17) is 24.1 Å². The van der Waals surface area contributed by atoms with Crippen LogP contribution in [0.25, 0.3) is 0 Å². The van der Waals surface area contributed by atoms with Crippen LogP contribution < -0.4 is 10.6 Å². The van der Waals surface area contributed by atoms with Gasteiger partial charge in [0, 0.05) is 51.0 Å². The Morgan fingerprint density at radius 3 is 1.90 bits per heavy atom. The van der Waals surface area contributed by atoms with Crippen molar-refractivity contribution in [3.05, 3.63) is 85.1 Å². The summed E-state index contributed by atoms with van der Waals surface area (Å²) >= 11 is 0. The van der Waals surface area contributed by atoms with E-state index in [1.807, 2.05) is 25.2 Å². The summed E-state index contributed by atoms with van der Waals surface area (Å²) in [5, 5.41) is 122. The number of carbonyl (C=O) groups is 3. The van der Waals surface area contributed by atoms with Crippen molar-refractivity contribution in [1.82, 2.24) is 10.6 Å². The van der Waals surface area contributed by atoms with Gasteiger partial charge in [-0.1, -0.05) is 92.0 Å². The van der Waals surface area contributed by atoms with Gasteiger partial charge >= 0.3 is 18.0 Å². The molecule has 2 bridgehead atoms. The van der Waals surface area contributed by atoms with Gasteiger partial charge in [-0.3, -0.25) is 9.59 Å². The predicted octanol–water partition coefficient (Wildman–Crippen LogP) is 0.582. The van der Waals surface area contributed by atoms with Crippen LogP contribution in [-0.2, 0) is 28.5 Å². The third kappa shape index (κ3) is 23.0. The molecule has 68 heavy (non-hydrogen) atoms. The van der Waals surface area contributed by atoms with Gasteiger partial charge in [-0.25, -0.2) is 4.79 Å². The lowest BCUT2D eigenvalue weighted by molar-refractivity contribution is -0.298. The Kier molecular flexibility index (Phi) is 26.1. The van der Waals surface area contributed by atoms with Crippen molar-refractivity contribution >= 4 is 18.0 Å². The largest absolute Gasteiger partial charge is 0.481 e. The Morgan fingerprint density at radius 2 is 1.28 bits per heavy atom. The molecule has 1 unspecified atom stereocenters. The zero-order valence-corrected chi connectivity index (χ0v) is 38.7. The summed E-state index contributed by atoms with van der Waals surface area (Å²) in [6.45, 7) is 3.05. The molecule has 2 saturated heterocycles. The lowest BCUT2D eigenvalue weighted by Crippen LogP contribution is -2.63. The molecule has 3 aliphatic heterocycles. The predicted molar refractivity (Wildman–Crippen MR) is 246 cm³/mol. The van der Waals surface area contributed by atoms with E-state index < -0.39 is 141 Å². The summed E-state index contributed by atoms with van der Waals surface area (Å²) in [5.74, 6) is -4.44. The molecule has 0 aromatic rings. The molecule has 3 rings (SSSR count). The SMILES string of the molecule is C[C@H]1C[C@H](O)[C@@H](C)/C=C/C=C/C=C/C=C/C=C/C=C/C=C/[C@H](O[C@@H]2OC[C@@H](O)C[C@@H]2O)C[C@@H]2O[C@](O)(C[C@@H](O)C[C@@H](O)[C@H](O)CC[C@@H](O)C[C@@H](O)CC(=O)O1)C[C@H](O)C2NC(=O)NCCC(=O)O. The van der Waals surface area contributed by atoms with Crippen molar-refractivity contribution in [2.24, 2.45) is 5.92 Å². The number of carboxylic acid groups (broad SMARTS) is 1. The van der Waals surface area contributed by atoms with E-state index >= 15 is 0 Å². The number of aliphatic hydroxyl groups excluding tert-OH is 9. The van der Waals surface area contributed by atoms with Gasteiger partial charge in [-0.2, -0.15) is 0 Å². The van der Waals surface area contributed by atoms with Crippen LogP contribution in [-0.4, -0.2) is 179 Å². The van der Waals surface area contributed by atoms with Crippen molar-refractivity contribution in [3.8, 4) is 0 Å². The molecular formula is C48H74N2O18. The van der Waals surface area contributed by atoms with Crippen LogP contribution in [0, 0.1) is 5.92 Å². The minimum atomic E-state index is -2.29. The van der Waals surface area contributed by atoms with Gasteiger partial charge in [0.1, 0.15) is 12.2 Å². The summed E-state index contributed by atoms with van der Waals surface area (Å²) in [6.07, 6.45) is 5.58. The maximum atomic E-state index is 12.9. The van der Waals surface area contributed by atoms with E-state index in [-0.39, 0.29) is 57.6 Å². The van der Waals surface area contributed by atoms with Gasteiger partial charge in [-0.15, -0.1) is 0 Å². The first-order valence-corrected chi connectivity index (χ1v) is 23.2. The number of cyclic esters (lactones) is 1. The van der Waals surface area contributed by atoms with Crippen molar-refractivity contribution in [2.75, 3.05) is 13.2 Å². The van der Waals surface area contributed by atoms with Gasteiger partial charge in [0.25, 0.3) is 0 Å². The van der Waals surface area contributed by atoms with E-state index in [2.05, 4.69) is 10.6 Å². The fraction of sp³-hybridized carbons (Fsp3) is 0.646. The first-order chi connectivity index (χ1) is 32.2. The third-order valence-electron chi connectivity index (χ3n) is 11.4. The molecule has 3 aliphatic rings. The number of aliphatic hydroxyl groups is 10. The molecule has 2 fully saturated rings. The lowest BCUT2D eigenvalue weighted by atomic mass is 9.87. The fourth-order valence-electron chi connectivity index (χ4n) is 7.81. The van der Waals surface area contributed by atoms with E-state index in [9.17, 15) is 65.4 Å². The summed E-state index contributed by atoms with van der Waals surface area (Å²) in [7, 11) is 0. The van der Waals surface area contributed by atoms with Crippen LogP contribution in [0.4, 0.5) is 4.79 Å². The smallest absolute Gasteiger partial charge is 0.315 e. The van der Waals surface area contributed by atoms with Gasteiger partial charge < -0.3 is 85.8 Å². The van der Waals surface area contributed by atoms with Crippen molar-refractivity contribution in [3.63, 3.8) is 0 Å². The van der Waals surface area contributed by atoms with Crippen molar-refractivity contribution < 1.29 is 89.5 Å². The highest BCUT2D eigenvalue weighted by atomic mass is 16.7. The first-order valence-electron chi connectivity index (χ1n) is 23.2. The summed E-state index contributed by atoms with van der Waals surface area (Å²) in [5.41, 5.74) is 0. The molecule has 20 heteroatoms. The number of carbonyl (C=O) groups excluding carboxylic acids is 2. The molecule has 3 heterocycles. The zero-order chi connectivity index (χ0) is 50.2. The van der Waals surface area contributed by atoms with Gasteiger partial charge in [-0.05, 0) is 26.2 Å². The molecule has 20 nitrogen and oxygen atoms in total. The highest BCUT2D eigenvalue weighted by molar-refractivity contribution is 5.75. The summed E-state index contributed by atoms with van der Waals surface area (Å²) < 4.78 is 23.2. The standard InChI is InChI=1S/C48H74N2O18/c1-30-15-13-11-9-7-5-3-4-6-8-10-12-14-16-36(67-46-40(58)24-35(54)29-65-46)26-42-45(50-47(63)49-20-19-43(60)61)41(59)28-48(64,68-42)27-34(53)23-39(57)37(55)18-17-32(51)22-33(52)25-44(62)66-31(2)21-38(30)56/h3-16,30-42,45-46,51-59,64H,17-29H2,1-2H3,(H,60,61)(H2,49,50,63)/b4-3+,7-5+,8-6+,11-9+,12-10+,15-13+,16-14+/t30-,31-,32+,33+,34-,35-,36-,37+,38-,39+,40-,41-,42-,45?,46-,48+/m0/s1. The third-order valence-corrected chi connectivity index (χ3v) is 11.4. The van der Waals surface area contributed by atoms with Crippen LogP contribution in [0.5, 0.6) is 0 Å². The number of carboxylic acids is 1. The molecule has 384 valence electrons. The second-order valence-electron chi connectivity index (χ2n) is 17.7. The van der Waals surface area contributed by atoms with Gasteiger partial charge in [0.05, 0.1) is 86.5 Å². The Labute approximate surface area is 397 Å². The van der Waals surface area contributed by atoms with Crippen LogP contribution in [0.2, 0.25) is 0 Å². The first kappa shape index (κ1) is 58.2. The fourth-order valence-corrected chi connectivity index (χ4v) is 7.81. The number of fused-ring (bicyclic) bond motifs is 2.